The van der Waals surface area contributed by atoms with Crippen LogP contribution >= 0.6 is 0 Å². The zero-order valence-corrected chi connectivity index (χ0v) is 15.1. The Morgan fingerprint density at radius 3 is 1.89 bits per heavy atom. The van der Waals surface area contributed by atoms with Crippen LogP contribution in [0.25, 0.3) is 0 Å². The van der Waals surface area contributed by atoms with Crippen molar-refractivity contribution in [2.45, 2.75) is 31.0 Å². The van der Waals surface area contributed by atoms with E-state index in [-0.39, 0.29) is 25.5 Å². The van der Waals surface area contributed by atoms with Gasteiger partial charge >= 0.3 is 5.97 Å². The first-order valence-corrected chi connectivity index (χ1v) is 8.26. The minimum Gasteiger partial charge on any atom is -0.480 e. The van der Waals surface area contributed by atoms with Gasteiger partial charge in [0, 0.05) is 6.54 Å². The van der Waals surface area contributed by atoms with Gasteiger partial charge in [-0.15, -0.1) is 0 Å². The van der Waals surface area contributed by atoms with E-state index in [4.69, 9.17) is 27.4 Å². The van der Waals surface area contributed by atoms with Gasteiger partial charge in [-0.2, -0.15) is 0 Å². The minimum absolute atomic E-state index is 0.0997. The summed E-state index contributed by atoms with van der Waals surface area (Å²) in [4.78, 5) is 50.5. The van der Waals surface area contributed by atoms with Crippen molar-refractivity contribution in [1.82, 2.24) is 16.0 Å². The maximum atomic E-state index is 12.4. The van der Waals surface area contributed by atoms with Crippen LogP contribution in [0.4, 0.5) is 0 Å². The van der Waals surface area contributed by atoms with Crippen molar-refractivity contribution in [2.24, 2.45) is 22.2 Å². The summed E-state index contributed by atoms with van der Waals surface area (Å²) in [7, 11) is 0. The van der Waals surface area contributed by atoms with Crippen LogP contribution in [-0.4, -0.2) is 89.4 Å². The van der Waals surface area contributed by atoms with Gasteiger partial charge in [-0.25, -0.2) is 4.79 Å². The van der Waals surface area contributed by atoms with Crippen LogP contribution in [0, 0.1) is 0 Å². The Bertz CT molecular complexity index is 580. The van der Waals surface area contributed by atoms with Crippen LogP contribution in [0.15, 0.2) is 4.99 Å². The van der Waals surface area contributed by atoms with Crippen molar-refractivity contribution in [2.75, 3.05) is 26.3 Å². The lowest BCUT2D eigenvalue weighted by Crippen LogP contribution is -2.57. The number of hydrogen-bond donors (Lipinski definition) is 9. The summed E-state index contributed by atoms with van der Waals surface area (Å²) in [6, 6.07) is -4.21. The first-order chi connectivity index (χ1) is 13.2. The van der Waals surface area contributed by atoms with Crippen LogP contribution in [-0.2, 0) is 19.2 Å². The van der Waals surface area contributed by atoms with Crippen molar-refractivity contribution in [3.63, 3.8) is 0 Å². The summed E-state index contributed by atoms with van der Waals surface area (Å²) >= 11 is 0. The second-order valence-corrected chi connectivity index (χ2v) is 5.60. The Morgan fingerprint density at radius 2 is 1.43 bits per heavy atom. The van der Waals surface area contributed by atoms with E-state index in [1.54, 1.807) is 0 Å². The molecule has 0 fully saturated rings. The molecule has 3 unspecified atom stereocenters. The minimum atomic E-state index is -1.61. The molecule has 12 N–H and O–H groups in total. The summed E-state index contributed by atoms with van der Waals surface area (Å²) < 4.78 is 0. The molecule has 14 heteroatoms. The predicted octanol–water partition coefficient (Wildman–Crippen LogP) is -5.48. The molecule has 0 aliphatic carbocycles. The quantitative estimate of drug-likeness (QED) is 0.0797. The highest BCUT2D eigenvalue weighted by atomic mass is 16.4. The number of nitrogens with zero attached hydrogens (tertiary/aromatic N) is 1. The topological polar surface area (TPSA) is 255 Å². The number of aliphatic hydroxyl groups excluding tert-OH is 2. The van der Waals surface area contributed by atoms with Gasteiger partial charge in [-0.05, 0) is 12.8 Å². The number of nitrogens with two attached hydrogens (primary N) is 3. The first-order valence-electron chi connectivity index (χ1n) is 8.26. The summed E-state index contributed by atoms with van der Waals surface area (Å²) in [5, 5.41) is 33.6. The number of aliphatic imine (C=N–C) groups is 1. The van der Waals surface area contributed by atoms with Crippen molar-refractivity contribution in [3.05, 3.63) is 0 Å². The molecule has 0 radical (unpaired) electrons. The monoisotopic (exact) mass is 405 g/mol. The van der Waals surface area contributed by atoms with E-state index >= 15 is 0 Å². The highest BCUT2D eigenvalue weighted by Gasteiger charge is 2.28. The summed E-state index contributed by atoms with van der Waals surface area (Å²) in [5.41, 5.74) is 15.6. The molecule has 0 aliphatic heterocycles. The molecule has 0 spiro atoms. The summed E-state index contributed by atoms with van der Waals surface area (Å²) in [6.07, 6.45) is 0.408. The van der Waals surface area contributed by atoms with Crippen molar-refractivity contribution in [3.8, 4) is 0 Å². The van der Waals surface area contributed by atoms with Crippen LogP contribution in [0.1, 0.15) is 12.8 Å². The van der Waals surface area contributed by atoms with Gasteiger partial charge in [-0.3, -0.25) is 19.4 Å². The Hall–Kier alpha value is -2.97. The van der Waals surface area contributed by atoms with E-state index in [1.807, 2.05) is 5.32 Å². The largest absolute Gasteiger partial charge is 0.480 e. The number of aliphatic carboxylic acids is 1. The summed E-state index contributed by atoms with van der Waals surface area (Å²) in [6.45, 7) is -1.92. The molecule has 28 heavy (non-hydrogen) atoms. The molecule has 0 rings (SSSR count). The predicted molar refractivity (Wildman–Crippen MR) is 96.6 cm³/mol. The maximum absolute atomic E-state index is 12.4. The number of aliphatic hydroxyl groups is 2. The van der Waals surface area contributed by atoms with Gasteiger partial charge in [-0.1, -0.05) is 0 Å². The second kappa shape index (κ2) is 13.2. The normalized spacial score (nSPS) is 13.5. The number of rotatable bonds is 13. The third-order valence-corrected chi connectivity index (χ3v) is 3.40. The van der Waals surface area contributed by atoms with Crippen molar-refractivity contribution in [1.29, 1.82) is 0 Å². The number of carboxylic acid groups (broad SMARTS) is 1. The standard InChI is InChI=1S/C14H27N7O7/c15-4-10(24)19-7(2-1-3-18-14(16)17)11(25)20-8(5-22)12(26)21-9(6-23)13(27)28/h7-9,22-23H,1-6,15H2,(H,19,24)(H,20,25)(H,21,26)(H,27,28)(H4,16,17,18). The lowest BCUT2D eigenvalue weighted by atomic mass is 10.1. The van der Waals surface area contributed by atoms with E-state index < -0.39 is 55.0 Å². The molecule has 0 bridgehead atoms. The average molecular weight is 405 g/mol. The van der Waals surface area contributed by atoms with E-state index in [2.05, 4.69) is 15.6 Å². The number of guanidine groups is 1. The first kappa shape index (κ1) is 25.0. The van der Waals surface area contributed by atoms with Crippen LogP contribution in [0.5, 0.6) is 0 Å². The lowest BCUT2D eigenvalue weighted by Gasteiger charge is -2.23. The van der Waals surface area contributed by atoms with Gasteiger partial charge in [0.15, 0.2) is 5.96 Å². The Morgan fingerprint density at radius 1 is 0.893 bits per heavy atom. The highest BCUT2D eigenvalue weighted by molar-refractivity contribution is 5.93. The van der Waals surface area contributed by atoms with Crippen molar-refractivity contribution < 1.29 is 34.5 Å². The third kappa shape index (κ3) is 9.65. The molecule has 0 saturated carbocycles. The average Bonchev–Trinajstić information content (AvgIpc) is 2.65. The van der Waals surface area contributed by atoms with Gasteiger partial charge in [0.1, 0.15) is 18.1 Å². The van der Waals surface area contributed by atoms with Gasteiger partial charge in [0.05, 0.1) is 19.8 Å². The number of nitrogens with one attached hydrogen (secondary N) is 3. The van der Waals surface area contributed by atoms with Crippen LogP contribution < -0.4 is 33.2 Å². The highest BCUT2D eigenvalue weighted by Crippen LogP contribution is 2.00. The second-order valence-electron chi connectivity index (χ2n) is 5.60. The zero-order valence-electron chi connectivity index (χ0n) is 15.1. The van der Waals surface area contributed by atoms with E-state index in [0.29, 0.717) is 6.42 Å². The molecule has 0 aromatic heterocycles. The molecule has 14 nitrogen and oxygen atoms in total. The van der Waals surface area contributed by atoms with Crippen LogP contribution in [0.2, 0.25) is 0 Å². The molecule has 0 aromatic rings. The van der Waals surface area contributed by atoms with Gasteiger partial charge < -0.3 is 48.5 Å². The van der Waals surface area contributed by atoms with Crippen LogP contribution in [0.3, 0.4) is 0 Å². The molecular formula is C14H27N7O7. The molecular weight excluding hydrogens is 378 g/mol. The molecule has 0 aromatic carbocycles. The van der Waals surface area contributed by atoms with Crippen molar-refractivity contribution >= 4 is 29.7 Å². The zero-order chi connectivity index (χ0) is 21.7. The fourth-order valence-electron chi connectivity index (χ4n) is 1.95. The number of carboxylic acids is 1. The fourth-order valence-corrected chi connectivity index (χ4v) is 1.95. The van der Waals surface area contributed by atoms with Gasteiger partial charge in [0.2, 0.25) is 17.7 Å². The Labute approximate surface area is 160 Å². The molecule has 0 heterocycles. The molecule has 0 saturated heterocycles. The van der Waals surface area contributed by atoms with E-state index in [0.717, 1.165) is 0 Å². The van der Waals surface area contributed by atoms with E-state index in [1.165, 1.54) is 0 Å². The number of amides is 3. The Balaban J connectivity index is 5.01. The fraction of sp³-hybridized carbons (Fsp3) is 0.643. The van der Waals surface area contributed by atoms with Gasteiger partial charge in [0.25, 0.3) is 0 Å². The molecule has 3 amide bonds. The third-order valence-electron chi connectivity index (χ3n) is 3.40. The molecule has 0 aliphatic rings. The summed E-state index contributed by atoms with van der Waals surface area (Å²) in [5.74, 6) is -4.09. The SMILES string of the molecule is NCC(=O)NC(CCCN=C(N)N)C(=O)NC(CO)C(=O)NC(CO)C(=O)O. The Kier molecular flexibility index (Phi) is 11.8. The van der Waals surface area contributed by atoms with E-state index in [9.17, 15) is 24.3 Å². The smallest absolute Gasteiger partial charge is 0.328 e. The maximum Gasteiger partial charge on any atom is 0.328 e. The number of hydrogen-bond acceptors (Lipinski definition) is 8. The number of carbonyl (C=O) groups is 4. The molecule has 3 atom stereocenters. The molecule has 160 valence electrons. The lowest BCUT2D eigenvalue weighted by molar-refractivity contribution is -0.143. The number of carbonyl (C=O) groups excluding carboxylic acids is 3.